The van der Waals surface area contributed by atoms with E-state index in [2.05, 4.69) is 18.0 Å². The second kappa shape index (κ2) is 5.64. The molecule has 0 aliphatic heterocycles. The van der Waals surface area contributed by atoms with Gasteiger partial charge < -0.3 is 0 Å². The van der Waals surface area contributed by atoms with Crippen LogP contribution in [0.1, 0.15) is 55.5 Å². The topological polar surface area (TPSA) is 36.7 Å². The third-order valence-electron chi connectivity index (χ3n) is 3.97. The van der Waals surface area contributed by atoms with Crippen molar-refractivity contribution < 1.29 is 0 Å². The molecule has 2 rings (SSSR count). The van der Waals surface area contributed by atoms with Gasteiger partial charge in [0.2, 0.25) is 0 Å². The van der Waals surface area contributed by atoms with Gasteiger partial charge in [0, 0.05) is 4.88 Å². The fraction of sp³-hybridized carbons (Fsp3) is 0.714. The molecule has 0 N–H and O–H groups in total. The number of nitriles is 1. The minimum Gasteiger partial charge on any atom is -0.250 e. The summed E-state index contributed by atoms with van der Waals surface area (Å²) in [6.45, 7) is 2.07. The number of rotatable bonds is 3. The van der Waals surface area contributed by atoms with Crippen LogP contribution in [-0.4, -0.2) is 4.98 Å². The molecule has 0 amide bonds. The Morgan fingerprint density at radius 3 is 2.59 bits per heavy atom. The van der Waals surface area contributed by atoms with Crippen LogP contribution >= 0.6 is 11.3 Å². The quantitative estimate of drug-likeness (QED) is 0.750. The van der Waals surface area contributed by atoms with Crippen LogP contribution in [0.25, 0.3) is 0 Å². The lowest BCUT2D eigenvalue weighted by Crippen LogP contribution is -2.18. The Labute approximate surface area is 108 Å². The standard InChI is InChI=1S/C14H20N2S/c1-12-13(17-11-16-12)6-9-14(10-15)7-4-2-3-5-8-14/h11H,2-9H2,1H3. The molecule has 0 bridgehead atoms. The molecular formula is C14H20N2S. The Kier molecular flexibility index (Phi) is 4.17. The van der Waals surface area contributed by atoms with Crippen LogP contribution in [-0.2, 0) is 6.42 Å². The summed E-state index contributed by atoms with van der Waals surface area (Å²) >= 11 is 1.73. The number of aryl methyl sites for hydroxylation is 2. The lowest BCUT2D eigenvalue weighted by atomic mass is 9.78. The largest absolute Gasteiger partial charge is 0.250 e. The van der Waals surface area contributed by atoms with Gasteiger partial charge in [0.25, 0.3) is 0 Å². The van der Waals surface area contributed by atoms with Crippen molar-refractivity contribution in [2.75, 3.05) is 0 Å². The van der Waals surface area contributed by atoms with Crippen LogP contribution in [0.15, 0.2) is 5.51 Å². The smallest absolute Gasteiger partial charge is 0.0797 e. The summed E-state index contributed by atoms with van der Waals surface area (Å²) in [6.07, 6.45) is 9.33. The van der Waals surface area contributed by atoms with Crippen molar-refractivity contribution in [3.8, 4) is 6.07 Å². The van der Waals surface area contributed by atoms with E-state index in [1.165, 1.54) is 30.6 Å². The molecule has 1 aromatic rings. The molecule has 1 aliphatic rings. The highest BCUT2D eigenvalue weighted by molar-refractivity contribution is 7.09. The van der Waals surface area contributed by atoms with Crippen molar-refractivity contribution in [3.05, 3.63) is 16.1 Å². The summed E-state index contributed by atoms with van der Waals surface area (Å²) in [4.78, 5) is 5.65. The van der Waals surface area contributed by atoms with Crippen LogP contribution in [0.5, 0.6) is 0 Å². The lowest BCUT2D eigenvalue weighted by molar-refractivity contribution is 0.316. The molecule has 0 atom stereocenters. The predicted octanol–water partition coefficient (Wildman–Crippen LogP) is 4.25. The van der Waals surface area contributed by atoms with Gasteiger partial charge in [0.05, 0.1) is 22.7 Å². The van der Waals surface area contributed by atoms with E-state index < -0.39 is 0 Å². The van der Waals surface area contributed by atoms with Gasteiger partial charge in [-0.3, -0.25) is 0 Å². The average molecular weight is 248 g/mol. The second-order valence-corrected chi connectivity index (χ2v) is 6.11. The van der Waals surface area contributed by atoms with Crippen LogP contribution in [0.3, 0.4) is 0 Å². The SMILES string of the molecule is Cc1ncsc1CCC1(C#N)CCCCCC1. The summed E-state index contributed by atoms with van der Waals surface area (Å²) < 4.78 is 0. The predicted molar refractivity (Wildman–Crippen MR) is 70.9 cm³/mol. The zero-order chi connectivity index (χ0) is 12.1. The van der Waals surface area contributed by atoms with E-state index in [4.69, 9.17) is 0 Å². The third-order valence-corrected chi connectivity index (χ3v) is 4.97. The Morgan fingerprint density at radius 2 is 2.06 bits per heavy atom. The molecular weight excluding hydrogens is 228 g/mol. The third kappa shape index (κ3) is 3.07. The van der Waals surface area contributed by atoms with Crippen LogP contribution in [0.2, 0.25) is 0 Å². The van der Waals surface area contributed by atoms with Gasteiger partial charge in [-0.1, -0.05) is 25.7 Å². The molecule has 1 heterocycles. The van der Waals surface area contributed by atoms with Crippen molar-refractivity contribution in [1.29, 1.82) is 5.26 Å². The average Bonchev–Trinajstić information content (AvgIpc) is 2.63. The lowest BCUT2D eigenvalue weighted by Gasteiger charge is -2.24. The highest BCUT2D eigenvalue weighted by Gasteiger charge is 2.30. The molecule has 0 unspecified atom stereocenters. The summed E-state index contributed by atoms with van der Waals surface area (Å²) in [5, 5.41) is 9.50. The summed E-state index contributed by atoms with van der Waals surface area (Å²) in [6, 6.07) is 2.62. The molecule has 1 aliphatic carbocycles. The molecule has 92 valence electrons. The fourth-order valence-electron chi connectivity index (χ4n) is 2.74. The zero-order valence-corrected chi connectivity index (χ0v) is 11.4. The molecule has 17 heavy (non-hydrogen) atoms. The number of thiazole rings is 1. The van der Waals surface area contributed by atoms with E-state index in [-0.39, 0.29) is 5.41 Å². The summed E-state index contributed by atoms with van der Waals surface area (Å²) in [5.74, 6) is 0. The van der Waals surface area contributed by atoms with Gasteiger partial charge in [0.1, 0.15) is 0 Å². The molecule has 2 nitrogen and oxygen atoms in total. The van der Waals surface area contributed by atoms with Crippen molar-refractivity contribution in [1.82, 2.24) is 4.98 Å². The Morgan fingerprint density at radius 1 is 1.35 bits per heavy atom. The van der Waals surface area contributed by atoms with E-state index in [9.17, 15) is 5.26 Å². The van der Waals surface area contributed by atoms with Crippen molar-refractivity contribution in [3.63, 3.8) is 0 Å². The van der Waals surface area contributed by atoms with E-state index >= 15 is 0 Å². The Hall–Kier alpha value is -0.880. The van der Waals surface area contributed by atoms with E-state index in [0.717, 1.165) is 31.4 Å². The van der Waals surface area contributed by atoms with E-state index in [1.54, 1.807) is 11.3 Å². The molecule has 3 heteroatoms. The monoisotopic (exact) mass is 248 g/mol. The first-order chi connectivity index (χ1) is 8.26. The number of nitrogens with zero attached hydrogens (tertiary/aromatic N) is 2. The van der Waals surface area contributed by atoms with Gasteiger partial charge in [-0.15, -0.1) is 11.3 Å². The van der Waals surface area contributed by atoms with Crippen molar-refractivity contribution in [2.45, 2.75) is 58.3 Å². The maximum Gasteiger partial charge on any atom is 0.0797 e. The molecule has 1 fully saturated rings. The Balaban J connectivity index is 1.99. The van der Waals surface area contributed by atoms with E-state index in [1.807, 2.05) is 5.51 Å². The first-order valence-electron chi connectivity index (χ1n) is 6.56. The normalized spacial score (nSPS) is 19.5. The highest BCUT2D eigenvalue weighted by Crippen LogP contribution is 2.38. The van der Waals surface area contributed by atoms with Gasteiger partial charge >= 0.3 is 0 Å². The van der Waals surface area contributed by atoms with Gasteiger partial charge in [-0.2, -0.15) is 5.26 Å². The molecule has 0 saturated heterocycles. The van der Waals surface area contributed by atoms with Gasteiger partial charge in [-0.05, 0) is 32.6 Å². The Bertz CT molecular complexity index is 395. The fourth-order valence-corrected chi connectivity index (χ4v) is 3.52. The molecule has 1 aromatic heterocycles. The highest BCUT2D eigenvalue weighted by atomic mass is 32.1. The maximum absolute atomic E-state index is 9.50. The minimum absolute atomic E-state index is 0.0487. The summed E-state index contributed by atoms with van der Waals surface area (Å²) in [5.41, 5.74) is 3.01. The van der Waals surface area contributed by atoms with Crippen molar-refractivity contribution >= 4 is 11.3 Å². The van der Waals surface area contributed by atoms with Crippen LogP contribution in [0.4, 0.5) is 0 Å². The van der Waals surface area contributed by atoms with Crippen molar-refractivity contribution in [2.24, 2.45) is 5.41 Å². The first-order valence-corrected chi connectivity index (χ1v) is 7.44. The van der Waals surface area contributed by atoms with Gasteiger partial charge in [-0.25, -0.2) is 4.98 Å². The number of aromatic nitrogens is 1. The zero-order valence-electron chi connectivity index (χ0n) is 10.5. The molecule has 0 aromatic carbocycles. The van der Waals surface area contributed by atoms with Crippen LogP contribution < -0.4 is 0 Å². The number of hydrogen-bond acceptors (Lipinski definition) is 3. The number of hydrogen-bond donors (Lipinski definition) is 0. The maximum atomic E-state index is 9.50. The van der Waals surface area contributed by atoms with Crippen LogP contribution in [0, 0.1) is 23.7 Å². The minimum atomic E-state index is -0.0487. The summed E-state index contributed by atoms with van der Waals surface area (Å²) in [7, 11) is 0. The molecule has 0 spiro atoms. The molecule has 1 saturated carbocycles. The van der Waals surface area contributed by atoms with Gasteiger partial charge in [0.15, 0.2) is 0 Å². The first kappa shape index (κ1) is 12.6. The van der Waals surface area contributed by atoms with E-state index in [0.29, 0.717) is 0 Å². The second-order valence-electron chi connectivity index (χ2n) is 5.17. The molecule has 0 radical (unpaired) electrons.